The van der Waals surface area contributed by atoms with Crippen molar-refractivity contribution in [2.24, 2.45) is 0 Å². The predicted octanol–water partition coefficient (Wildman–Crippen LogP) is 1.70. The van der Waals surface area contributed by atoms with Crippen molar-refractivity contribution in [3.8, 4) is 11.3 Å². The molecular weight excluding hydrogens is 232 g/mol. The zero-order valence-electron chi connectivity index (χ0n) is 9.80. The van der Waals surface area contributed by atoms with Gasteiger partial charge in [-0.1, -0.05) is 31.2 Å². The van der Waals surface area contributed by atoms with Gasteiger partial charge in [0.1, 0.15) is 5.56 Å². The molecule has 0 saturated carbocycles. The molecule has 0 aliphatic carbocycles. The van der Waals surface area contributed by atoms with Crippen molar-refractivity contribution >= 4 is 5.97 Å². The summed E-state index contributed by atoms with van der Waals surface area (Å²) in [5.41, 5.74) is 1.51. The molecule has 0 aliphatic rings. The Morgan fingerprint density at radius 2 is 2.00 bits per heavy atom. The standard InChI is InChI=1S/C13H12N2O3/c1-2-8-3-5-9(6-4-8)11-10(12(16)17)7-14-13(18)15-11/h3-7H,2H2,1H3,(H,16,17)(H,14,15,18). The number of benzene rings is 1. The number of carboxylic acids is 1. The van der Waals surface area contributed by atoms with Crippen LogP contribution in [0.2, 0.25) is 0 Å². The minimum absolute atomic E-state index is 0.0150. The average Bonchev–Trinajstić information content (AvgIpc) is 2.38. The predicted molar refractivity (Wildman–Crippen MR) is 66.6 cm³/mol. The minimum Gasteiger partial charge on any atom is -0.478 e. The number of aromatic amines is 1. The fraction of sp³-hybridized carbons (Fsp3) is 0.154. The molecule has 1 aromatic carbocycles. The third-order valence-electron chi connectivity index (χ3n) is 2.69. The maximum absolute atomic E-state index is 11.2. The summed E-state index contributed by atoms with van der Waals surface area (Å²) < 4.78 is 0. The lowest BCUT2D eigenvalue weighted by Gasteiger charge is -2.06. The number of carbonyl (C=O) groups is 1. The molecule has 0 fully saturated rings. The van der Waals surface area contributed by atoms with Crippen LogP contribution in [0.5, 0.6) is 0 Å². The van der Waals surface area contributed by atoms with Crippen molar-refractivity contribution in [2.45, 2.75) is 13.3 Å². The number of aromatic carboxylic acids is 1. The van der Waals surface area contributed by atoms with Gasteiger partial charge in [-0.3, -0.25) is 0 Å². The van der Waals surface area contributed by atoms with Gasteiger partial charge in [-0.25, -0.2) is 14.6 Å². The number of aryl methyl sites for hydroxylation is 1. The second-order valence-corrected chi connectivity index (χ2v) is 3.83. The summed E-state index contributed by atoms with van der Waals surface area (Å²) in [4.78, 5) is 28.2. The molecule has 1 heterocycles. The first-order valence-corrected chi connectivity index (χ1v) is 5.53. The Hall–Kier alpha value is -2.43. The largest absolute Gasteiger partial charge is 0.478 e. The van der Waals surface area contributed by atoms with Crippen LogP contribution in [0.3, 0.4) is 0 Å². The van der Waals surface area contributed by atoms with Gasteiger partial charge in [0.15, 0.2) is 0 Å². The van der Waals surface area contributed by atoms with Crippen molar-refractivity contribution in [2.75, 3.05) is 0 Å². The minimum atomic E-state index is -1.12. The topological polar surface area (TPSA) is 83.0 Å². The van der Waals surface area contributed by atoms with E-state index >= 15 is 0 Å². The van der Waals surface area contributed by atoms with Gasteiger partial charge in [0.05, 0.1) is 5.69 Å². The second-order valence-electron chi connectivity index (χ2n) is 3.83. The highest BCUT2D eigenvalue weighted by atomic mass is 16.4. The molecule has 0 unspecified atom stereocenters. The van der Waals surface area contributed by atoms with Crippen LogP contribution in [-0.2, 0) is 6.42 Å². The first-order valence-electron chi connectivity index (χ1n) is 5.53. The molecule has 5 nitrogen and oxygen atoms in total. The SMILES string of the molecule is CCc1ccc(-c2[nH]c(=O)ncc2C(=O)O)cc1. The molecule has 2 rings (SSSR count). The zero-order valence-corrected chi connectivity index (χ0v) is 9.80. The molecule has 92 valence electrons. The van der Waals surface area contributed by atoms with Gasteiger partial charge in [-0.15, -0.1) is 0 Å². The molecule has 18 heavy (non-hydrogen) atoms. The first-order chi connectivity index (χ1) is 8.61. The number of carboxylic acid groups (broad SMARTS) is 1. The Morgan fingerprint density at radius 3 is 2.56 bits per heavy atom. The Labute approximate surface area is 103 Å². The van der Waals surface area contributed by atoms with E-state index in [9.17, 15) is 9.59 Å². The van der Waals surface area contributed by atoms with Gasteiger partial charge in [-0.2, -0.15) is 0 Å². The normalized spacial score (nSPS) is 10.3. The van der Waals surface area contributed by atoms with Crippen molar-refractivity contribution < 1.29 is 9.90 Å². The molecule has 5 heteroatoms. The quantitative estimate of drug-likeness (QED) is 0.860. The monoisotopic (exact) mass is 244 g/mol. The number of nitrogens with one attached hydrogen (secondary N) is 1. The van der Waals surface area contributed by atoms with Gasteiger partial charge in [0.25, 0.3) is 0 Å². The van der Waals surface area contributed by atoms with Crippen molar-refractivity contribution in [1.29, 1.82) is 0 Å². The van der Waals surface area contributed by atoms with Crippen LogP contribution >= 0.6 is 0 Å². The molecule has 2 aromatic rings. The molecule has 0 amide bonds. The molecule has 2 N–H and O–H groups in total. The third-order valence-corrected chi connectivity index (χ3v) is 2.69. The van der Waals surface area contributed by atoms with E-state index in [2.05, 4.69) is 9.97 Å². The first kappa shape index (κ1) is 12.0. The van der Waals surface area contributed by atoms with E-state index in [1.807, 2.05) is 19.1 Å². The van der Waals surface area contributed by atoms with E-state index in [1.54, 1.807) is 12.1 Å². The van der Waals surface area contributed by atoms with E-state index in [0.29, 0.717) is 5.56 Å². The van der Waals surface area contributed by atoms with Gasteiger partial charge < -0.3 is 10.1 Å². The lowest BCUT2D eigenvalue weighted by molar-refractivity contribution is 0.0697. The summed E-state index contributed by atoms with van der Waals surface area (Å²) in [7, 11) is 0. The van der Waals surface area contributed by atoms with Gasteiger partial charge in [0, 0.05) is 6.20 Å². The van der Waals surface area contributed by atoms with Crippen LogP contribution in [-0.4, -0.2) is 21.0 Å². The number of aromatic nitrogens is 2. The molecule has 0 saturated heterocycles. The summed E-state index contributed by atoms with van der Waals surface area (Å²) in [5, 5.41) is 9.06. The average molecular weight is 244 g/mol. The highest BCUT2D eigenvalue weighted by Gasteiger charge is 2.13. The Balaban J connectivity index is 2.57. The summed E-state index contributed by atoms with van der Waals surface area (Å²) in [6, 6.07) is 7.38. The summed E-state index contributed by atoms with van der Waals surface area (Å²) in [6.45, 7) is 2.03. The van der Waals surface area contributed by atoms with Crippen LogP contribution < -0.4 is 5.69 Å². The second kappa shape index (κ2) is 4.83. The van der Waals surface area contributed by atoms with E-state index in [0.717, 1.165) is 18.2 Å². The van der Waals surface area contributed by atoms with E-state index in [4.69, 9.17) is 5.11 Å². The Kier molecular flexibility index (Phi) is 3.23. The molecule has 1 aromatic heterocycles. The van der Waals surface area contributed by atoms with Crippen molar-refractivity contribution in [3.63, 3.8) is 0 Å². The van der Waals surface area contributed by atoms with E-state index in [1.165, 1.54) is 0 Å². The maximum Gasteiger partial charge on any atom is 0.345 e. The Bertz CT molecular complexity index is 629. The Morgan fingerprint density at radius 1 is 1.33 bits per heavy atom. The number of rotatable bonds is 3. The molecule has 0 spiro atoms. The summed E-state index contributed by atoms with van der Waals surface area (Å²) in [6.07, 6.45) is 1.98. The lowest BCUT2D eigenvalue weighted by atomic mass is 10.0. The van der Waals surface area contributed by atoms with Gasteiger partial charge in [0.2, 0.25) is 0 Å². The molecule has 0 atom stereocenters. The van der Waals surface area contributed by atoms with E-state index < -0.39 is 11.7 Å². The lowest BCUT2D eigenvalue weighted by Crippen LogP contribution is -2.15. The van der Waals surface area contributed by atoms with Crippen molar-refractivity contribution in [3.05, 3.63) is 52.1 Å². The summed E-state index contributed by atoms with van der Waals surface area (Å²) in [5.74, 6) is -1.12. The maximum atomic E-state index is 11.2. The van der Waals surface area contributed by atoms with Crippen LogP contribution in [0.25, 0.3) is 11.3 Å². The smallest absolute Gasteiger partial charge is 0.345 e. The van der Waals surface area contributed by atoms with Crippen LogP contribution in [0.15, 0.2) is 35.3 Å². The van der Waals surface area contributed by atoms with Crippen LogP contribution in [0, 0.1) is 0 Å². The number of hydrogen-bond acceptors (Lipinski definition) is 3. The molecule has 0 bridgehead atoms. The number of hydrogen-bond donors (Lipinski definition) is 2. The van der Waals surface area contributed by atoms with Crippen LogP contribution in [0.1, 0.15) is 22.8 Å². The van der Waals surface area contributed by atoms with Gasteiger partial charge in [-0.05, 0) is 17.5 Å². The zero-order chi connectivity index (χ0) is 13.1. The third kappa shape index (κ3) is 2.29. The highest BCUT2D eigenvalue weighted by Crippen LogP contribution is 2.20. The molecule has 0 aliphatic heterocycles. The molecular formula is C13H12N2O3. The van der Waals surface area contributed by atoms with Gasteiger partial charge >= 0.3 is 11.7 Å². The van der Waals surface area contributed by atoms with Crippen LogP contribution in [0.4, 0.5) is 0 Å². The van der Waals surface area contributed by atoms with Crippen molar-refractivity contribution in [1.82, 2.24) is 9.97 Å². The fourth-order valence-corrected chi connectivity index (χ4v) is 1.69. The highest BCUT2D eigenvalue weighted by molar-refractivity contribution is 5.94. The summed E-state index contributed by atoms with van der Waals surface area (Å²) >= 11 is 0. The number of nitrogens with zero attached hydrogens (tertiary/aromatic N) is 1. The molecule has 0 radical (unpaired) electrons. The number of H-pyrrole nitrogens is 1. The fourth-order valence-electron chi connectivity index (χ4n) is 1.69. The van der Waals surface area contributed by atoms with E-state index in [-0.39, 0.29) is 11.3 Å².